The molecule has 5 rings (SSSR count). The molecule has 3 N–H and O–H groups in total. The number of phenols is 1. The molecule has 5 aromatic rings. The van der Waals surface area contributed by atoms with Gasteiger partial charge in [-0.1, -0.05) is 90.6 Å². The predicted molar refractivity (Wildman–Crippen MR) is 155 cm³/mol. The molecule has 6 nitrogen and oxygen atoms in total. The Bertz CT molecular complexity index is 1680. The van der Waals surface area contributed by atoms with Gasteiger partial charge in [0.2, 0.25) is 5.91 Å². The van der Waals surface area contributed by atoms with Gasteiger partial charge < -0.3 is 15.7 Å². The van der Waals surface area contributed by atoms with Crippen LogP contribution >= 0.6 is 11.8 Å². The first-order valence-corrected chi connectivity index (χ1v) is 13.1. The van der Waals surface area contributed by atoms with Gasteiger partial charge in [-0.3, -0.25) is 14.4 Å². The number of phenolic OH excluding ortho intramolecular Hbond substituents is 1. The second kappa shape index (κ2) is 11.7. The van der Waals surface area contributed by atoms with Crippen LogP contribution in [0.1, 0.15) is 27.1 Å². The number of carbonyl (C=O) groups excluding carboxylic acids is 3. The number of aromatic hydroxyl groups is 1. The number of hydrogen-bond donors (Lipinski definition) is 3. The first-order chi connectivity index (χ1) is 19.0. The lowest BCUT2D eigenvalue weighted by atomic mass is 10.1. The summed E-state index contributed by atoms with van der Waals surface area (Å²) in [6.45, 7) is 0. The zero-order chi connectivity index (χ0) is 27.2. The summed E-state index contributed by atoms with van der Waals surface area (Å²) in [5, 5.41) is 17.9. The molecule has 0 saturated carbocycles. The van der Waals surface area contributed by atoms with Crippen molar-refractivity contribution in [2.75, 3.05) is 10.6 Å². The molecular formula is C32H24N2O4S. The quantitative estimate of drug-likeness (QED) is 0.146. The summed E-state index contributed by atoms with van der Waals surface area (Å²) in [7, 11) is 0. The fraction of sp³-hybridized carbons (Fsp3) is 0.0312. The van der Waals surface area contributed by atoms with Crippen LogP contribution in [0.3, 0.4) is 0 Å². The van der Waals surface area contributed by atoms with Crippen LogP contribution < -0.4 is 10.6 Å². The van der Waals surface area contributed by atoms with Crippen LogP contribution in [0.15, 0.2) is 125 Å². The molecule has 5 aromatic carbocycles. The fourth-order valence-corrected chi connectivity index (χ4v) is 5.09. The summed E-state index contributed by atoms with van der Waals surface area (Å²) in [6, 6.07) is 34.0. The van der Waals surface area contributed by atoms with E-state index in [2.05, 4.69) is 10.6 Å². The molecule has 0 heterocycles. The number of hydrogen-bond acceptors (Lipinski definition) is 5. The van der Waals surface area contributed by atoms with Gasteiger partial charge in [0.05, 0.1) is 23.4 Å². The molecule has 7 heteroatoms. The lowest BCUT2D eigenvalue weighted by Crippen LogP contribution is -2.17. The summed E-state index contributed by atoms with van der Waals surface area (Å²) in [4.78, 5) is 39.8. The van der Waals surface area contributed by atoms with Crippen LogP contribution in [-0.2, 0) is 4.79 Å². The Morgan fingerprint density at radius 3 is 1.85 bits per heavy atom. The summed E-state index contributed by atoms with van der Waals surface area (Å²) < 4.78 is 0. The van der Waals surface area contributed by atoms with Crippen molar-refractivity contribution < 1.29 is 19.5 Å². The average Bonchev–Trinajstić information content (AvgIpc) is 2.95. The van der Waals surface area contributed by atoms with Gasteiger partial charge in [0, 0.05) is 15.4 Å². The maximum atomic E-state index is 13.1. The van der Waals surface area contributed by atoms with Gasteiger partial charge in [-0.15, -0.1) is 0 Å². The third-order valence-corrected chi connectivity index (χ3v) is 7.19. The van der Waals surface area contributed by atoms with E-state index in [9.17, 15) is 19.5 Å². The van der Waals surface area contributed by atoms with Gasteiger partial charge >= 0.3 is 0 Å². The normalized spacial score (nSPS) is 10.7. The molecule has 0 aliphatic rings. The molecule has 0 fully saturated rings. The van der Waals surface area contributed by atoms with Gasteiger partial charge in [-0.25, -0.2) is 0 Å². The van der Waals surface area contributed by atoms with Crippen molar-refractivity contribution in [1.82, 2.24) is 0 Å². The molecule has 0 bridgehead atoms. The highest BCUT2D eigenvalue weighted by Crippen LogP contribution is 2.38. The second-order valence-electron chi connectivity index (χ2n) is 8.78. The van der Waals surface area contributed by atoms with Crippen LogP contribution in [0, 0.1) is 0 Å². The number of benzene rings is 5. The average molecular weight is 533 g/mol. The molecule has 39 heavy (non-hydrogen) atoms. The van der Waals surface area contributed by atoms with Crippen molar-refractivity contribution in [3.63, 3.8) is 0 Å². The molecular weight excluding hydrogens is 508 g/mol. The van der Waals surface area contributed by atoms with E-state index in [1.807, 2.05) is 60.7 Å². The van der Waals surface area contributed by atoms with Crippen molar-refractivity contribution in [3.8, 4) is 5.75 Å². The highest BCUT2D eigenvalue weighted by Gasteiger charge is 2.17. The molecule has 0 spiro atoms. The molecule has 0 radical (unpaired) electrons. The van der Waals surface area contributed by atoms with Crippen molar-refractivity contribution in [2.24, 2.45) is 0 Å². The van der Waals surface area contributed by atoms with E-state index in [0.717, 1.165) is 20.6 Å². The number of carbonyl (C=O) groups is 3. The fourth-order valence-electron chi connectivity index (χ4n) is 4.10. The Kier molecular flexibility index (Phi) is 7.70. The predicted octanol–water partition coefficient (Wildman–Crippen LogP) is 7.16. The number of para-hydroxylation sites is 2. The summed E-state index contributed by atoms with van der Waals surface area (Å²) >= 11 is 1.37. The molecule has 0 aliphatic heterocycles. The zero-order valence-corrected chi connectivity index (χ0v) is 21.6. The van der Waals surface area contributed by atoms with E-state index >= 15 is 0 Å². The number of ketones is 1. The molecule has 0 aromatic heterocycles. The van der Waals surface area contributed by atoms with E-state index in [1.54, 1.807) is 54.6 Å². The highest BCUT2D eigenvalue weighted by atomic mass is 32.2. The maximum Gasteiger partial charge on any atom is 0.259 e. The Morgan fingerprint density at radius 1 is 0.641 bits per heavy atom. The molecule has 0 saturated heterocycles. The minimum Gasteiger partial charge on any atom is -0.507 e. The highest BCUT2D eigenvalue weighted by molar-refractivity contribution is 7.99. The minimum atomic E-state index is -0.438. The first kappa shape index (κ1) is 25.8. The van der Waals surface area contributed by atoms with Crippen molar-refractivity contribution in [2.45, 2.75) is 16.2 Å². The number of amides is 2. The molecule has 0 unspecified atom stereocenters. The van der Waals surface area contributed by atoms with Crippen LogP contribution in [-0.4, -0.2) is 22.7 Å². The topological polar surface area (TPSA) is 95.5 Å². The number of rotatable bonds is 8. The van der Waals surface area contributed by atoms with E-state index in [0.29, 0.717) is 16.9 Å². The van der Waals surface area contributed by atoms with E-state index in [-0.39, 0.29) is 23.5 Å². The van der Waals surface area contributed by atoms with Gasteiger partial charge in [-0.2, -0.15) is 0 Å². The minimum absolute atomic E-state index is 0.102. The largest absolute Gasteiger partial charge is 0.507 e. The second-order valence-corrected chi connectivity index (χ2v) is 9.86. The SMILES string of the molecule is O=C(CC(=O)c1ccccc1)Nc1ccccc1Sc1ccccc1NC(=O)c1cc2ccccc2cc1O. The lowest BCUT2D eigenvalue weighted by molar-refractivity contribution is -0.115. The van der Waals surface area contributed by atoms with Crippen LogP contribution in [0.2, 0.25) is 0 Å². The maximum absolute atomic E-state index is 13.1. The van der Waals surface area contributed by atoms with Crippen molar-refractivity contribution >= 4 is 51.5 Å². The summed E-state index contributed by atoms with van der Waals surface area (Å²) in [5.74, 6) is -1.21. The van der Waals surface area contributed by atoms with Crippen molar-refractivity contribution in [1.29, 1.82) is 0 Å². The molecule has 2 amide bonds. The molecule has 0 atom stereocenters. The van der Waals surface area contributed by atoms with Gasteiger partial charge in [-0.05, 0) is 47.2 Å². The third-order valence-electron chi connectivity index (χ3n) is 6.04. The van der Waals surface area contributed by atoms with Crippen LogP contribution in [0.4, 0.5) is 11.4 Å². The van der Waals surface area contributed by atoms with Gasteiger partial charge in [0.25, 0.3) is 5.91 Å². The Hall–Kier alpha value is -4.88. The number of anilines is 2. The van der Waals surface area contributed by atoms with Crippen molar-refractivity contribution in [3.05, 3.63) is 126 Å². The number of fused-ring (bicyclic) bond motifs is 1. The standard InChI is InChI=1S/C32H24N2O4S/c35-27(21-10-2-1-3-11-21)20-31(37)33-25-14-6-8-16-29(25)39-30-17-9-7-15-26(30)34-32(38)24-18-22-12-4-5-13-23(22)19-28(24)36/h1-19,36H,20H2,(H,33,37)(H,34,38). The summed E-state index contributed by atoms with van der Waals surface area (Å²) in [5.41, 5.74) is 1.77. The molecule has 192 valence electrons. The van der Waals surface area contributed by atoms with E-state index in [4.69, 9.17) is 0 Å². The lowest BCUT2D eigenvalue weighted by Gasteiger charge is -2.14. The van der Waals surface area contributed by atoms with Crippen LogP contribution in [0.5, 0.6) is 5.75 Å². The Morgan fingerprint density at radius 2 is 1.18 bits per heavy atom. The van der Waals surface area contributed by atoms with Gasteiger partial charge in [0.1, 0.15) is 5.75 Å². The third kappa shape index (κ3) is 6.17. The Labute approximate surface area is 229 Å². The van der Waals surface area contributed by atoms with Crippen LogP contribution in [0.25, 0.3) is 10.8 Å². The monoisotopic (exact) mass is 532 g/mol. The first-order valence-electron chi connectivity index (χ1n) is 12.2. The zero-order valence-electron chi connectivity index (χ0n) is 20.8. The number of nitrogens with one attached hydrogen (secondary N) is 2. The van der Waals surface area contributed by atoms with E-state index < -0.39 is 11.8 Å². The Balaban J connectivity index is 1.33. The van der Waals surface area contributed by atoms with Gasteiger partial charge in [0.15, 0.2) is 5.78 Å². The number of Topliss-reactive ketones (excluding diaryl/α,β-unsaturated/α-hetero) is 1. The summed E-state index contributed by atoms with van der Waals surface area (Å²) in [6.07, 6.45) is -0.273. The van der Waals surface area contributed by atoms with E-state index in [1.165, 1.54) is 11.8 Å². The molecule has 0 aliphatic carbocycles. The smallest absolute Gasteiger partial charge is 0.259 e.